The molecular weight excluding hydrogens is 372 g/mol. The van der Waals surface area contributed by atoms with Crippen molar-refractivity contribution in [2.75, 3.05) is 12.1 Å². The van der Waals surface area contributed by atoms with Crippen molar-refractivity contribution in [3.8, 4) is 11.5 Å². The molecule has 8 heteroatoms. The number of nitrogens with one attached hydrogen (secondary N) is 2. The molecule has 0 fully saturated rings. The summed E-state index contributed by atoms with van der Waals surface area (Å²) in [6.45, 7) is 0.584. The molecule has 1 aliphatic rings. The number of aliphatic hydroxyl groups is 1. The third-order valence-corrected chi connectivity index (χ3v) is 5.70. The number of amides is 2. The lowest BCUT2D eigenvalue weighted by molar-refractivity contribution is 0.174. The van der Waals surface area contributed by atoms with Gasteiger partial charge in [-0.1, -0.05) is 0 Å². The highest BCUT2D eigenvalue weighted by molar-refractivity contribution is 7.12. The molecule has 6 nitrogen and oxygen atoms in total. The predicted molar refractivity (Wildman–Crippen MR) is 101 cm³/mol. The van der Waals surface area contributed by atoms with Crippen LogP contribution in [0.2, 0.25) is 0 Å². The lowest BCUT2D eigenvalue weighted by atomic mass is 10.2. The summed E-state index contributed by atoms with van der Waals surface area (Å²) in [7, 11) is 0. The zero-order chi connectivity index (χ0) is 17.9. The molecule has 3 N–H and O–H groups in total. The lowest BCUT2D eigenvalue weighted by Crippen LogP contribution is -2.27. The first-order valence-electron chi connectivity index (χ1n) is 7.92. The quantitative estimate of drug-likeness (QED) is 0.618. The molecule has 1 unspecified atom stereocenters. The number of hydrogen-bond acceptors (Lipinski definition) is 6. The number of hydrogen-bond donors (Lipinski definition) is 3. The zero-order valence-corrected chi connectivity index (χ0v) is 15.2. The van der Waals surface area contributed by atoms with Gasteiger partial charge in [-0.25, -0.2) is 4.79 Å². The second kappa shape index (κ2) is 7.36. The topological polar surface area (TPSA) is 79.8 Å². The van der Waals surface area contributed by atoms with Gasteiger partial charge in [0.1, 0.15) is 6.10 Å². The normalized spacial score (nSPS) is 13.4. The van der Waals surface area contributed by atoms with Crippen LogP contribution in [0.15, 0.2) is 47.2 Å². The summed E-state index contributed by atoms with van der Waals surface area (Å²) in [6, 6.07) is 10.6. The molecule has 2 aromatic heterocycles. The second-order valence-electron chi connectivity index (χ2n) is 5.64. The molecule has 3 heterocycles. The summed E-state index contributed by atoms with van der Waals surface area (Å²) < 4.78 is 10.5. The van der Waals surface area contributed by atoms with Crippen LogP contribution in [0.5, 0.6) is 11.5 Å². The van der Waals surface area contributed by atoms with Crippen LogP contribution in [0.25, 0.3) is 0 Å². The van der Waals surface area contributed by atoms with Gasteiger partial charge in [-0.2, -0.15) is 11.3 Å². The van der Waals surface area contributed by atoms with E-state index < -0.39 is 6.10 Å². The molecule has 4 rings (SSSR count). The van der Waals surface area contributed by atoms with Crippen molar-refractivity contribution in [2.24, 2.45) is 0 Å². The van der Waals surface area contributed by atoms with Crippen LogP contribution in [0.1, 0.15) is 21.4 Å². The minimum atomic E-state index is -0.623. The largest absolute Gasteiger partial charge is 0.454 e. The van der Waals surface area contributed by atoms with Gasteiger partial charge in [0.2, 0.25) is 6.79 Å². The van der Waals surface area contributed by atoms with E-state index in [1.165, 1.54) is 11.3 Å². The van der Waals surface area contributed by atoms with Crippen molar-refractivity contribution >= 4 is 34.4 Å². The lowest BCUT2D eigenvalue weighted by Gasteiger charge is -2.08. The third kappa shape index (κ3) is 3.67. The fourth-order valence-electron chi connectivity index (χ4n) is 2.55. The molecule has 1 aliphatic heterocycles. The van der Waals surface area contributed by atoms with Crippen molar-refractivity contribution in [1.82, 2.24) is 5.32 Å². The number of thiophene rings is 2. The van der Waals surface area contributed by atoms with E-state index >= 15 is 0 Å². The van der Waals surface area contributed by atoms with Crippen molar-refractivity contribution in [3.05, 3.63) is 62.5 Å². The Morgan fingerprint density at radius 1 is 1.19 bits per heavy atom. The minimum absolute atomic E-state index is 0.197. The molecule has 0 spiro atoms. The molecule has 0 saturated carbocycles. The molecule has 3 aromatic rings. The Morgan fingerprint density at radius 3 is 2.92 bits per heavy atom. The smallest absolute Gasteiger partial charge is 0.319 e. The van der Waals surface area contributed by atoms with Crippen LogP contribution in [0.4, 0.5) is 10.5 Å². The molecule has 0 saturated heterocycles. The van der Waals surface area contributed by atoms with Crippen LogP contribution in [-0.2, 0) is 6.54 Å². The maximum absolute atomic E-state index is 12.1. The van der Waals surface area contributed by atoms with Gasteiger partial charge in [0.15, 0.2) is 11.5 Å². The molecular formula is C18H16N2O4S2. The van der Waals surface area contributed by atoms with Crippen molar-refractivity contribution in [1.29, 1.82) is 0 Å². The van der Waals surface area contributed by atoms with Gasteiger partial charge in [-0.3, -0.25) is 0 Å². The highest BCUT2D eigenvalue weighted by atomic mass is 32.1. The Hall–Kier alpha value is -2.55. The van der Waals surface area contributed by atoms with Crippen molar-refractivity contribution in [2.45, 2.75) is 12.6 Å². The Bertz CT molecular complexity index is 908. The highest BCUT2D eigenvalue weighted by Crippen LogP contribution is 2.34. The first-order chi connectivity index (χ1) is 12.7. The molecule has 26 heavy (non-hydrogen) atoms. The first kappa shape index (κ1) is 16.9. The standard InChI is InChI=1S/C18H16N2O4S2/c21-17(11-5-6-25-9-11)16-4-2-13(26-16)8-19-18(22)20-12-1-3-14-15(7-12)24-10-23-14/h1-7,9,17,21H,8,10H2,(H2,19,20,22). The van der Waals surface area contributed by atoms with E-state index in [2.05, 4.69) is 10.6 Å². The monoisotopic (exact) mass is 388 g/mol. The summed E-state index contributed by atoms with van der Waals surface area (Å²) in [5.74, 6) is 1.29. The molecule has 0 radical (unpaired) electrons. The molecule has 1 aromatic carbocycles. The summed E-state index contributed by atoms with van der Waals surface area (Å²) in [6.07, 6.45) is -0.623. The second-order valence-corrected chi connectivity index (χ2v) is 7.62. The van der Waals surface area contributed by atoms with Crippen molar-refractivity contribution < 1.29 is 19.4 Å². The summed E-state index contributed by atoms with van der Waals surface area (Å²) >= 11 is 3.03. The van der Waals surface area contributed by atoms with Gasteiger partial charge in [0.25, 0.3) is 0 Å². The van der Waals surface area contributed by atoms with Gasteiger partial charge in [-0.05, 0) is 46.7 Å². The van der Waals surface area contributed by atoms with E-state index in [0.717, 1.165) is 15.3 Å². The van der Waals surface area contributed by atoms with E-state index in [1.807, 2.05) is 29.0 Å². The van der Waals surface area contributed by atoms with E-state index in [-0.39, 0.29) is 12.8 Å². The van der Waals surface area contributed by atoms with E-state index in [4.69, 9.17) is 9.47 Å². The van der Waals surface area contributed by atoms with E-state index in [9.17, 15) is 9.90 Å². The number of anilines is 1. The van der Waals surface area contributed by atoms with Gasteiger partial charge < -0.3 is 25.2 Å². The van der Waals surface area contributed by atoms with Crippen LogP contribution in [0.3, 0.4) is 0 Å². The number of aliphatic hydroxyl groups excluding tert-OH is 1. The average molecular weight is 388 g/mol. The summed E-state index contributed by atoms with van der Waals surface area (Å²) in [5, 5.41) is 19.8. The van der Waals surface area contributed by atoms with Crippen LogP contribution >= 0.6 is 22.7 Å². The zero-order valence-electron chi connectivity index (χ0n) is 13.6. The maximum Gasteiger partial charge on any atom is 0.319 e. The van der Waals surface area contributed by atoms with Gasteiger partial charge in [0, 0.05) is 21.5 Å². The summed E-state index contributed by atoms with van der Waals surface area (Å²) in [5.41, 5.74) is 1.52. The molecule has 2 amide bonds. The minimum Gasteiger partial charge on any atom is -0.454 e. The highest BCUT2D eigenvalue weighted by Gasteiger charge is 2.15. The Morgan fingerprint density at radius 2 is 2.08 bits per heavy atom. The number of fused-ring (bicyclic) bond motifs is 1. The Labute approximate surface area is 158 Å². The summed E-state index contributed by atoms with van der Waals surface area (Å²) in [4.78, 5) is 13.9. The van der Waals surface area contributed by atoms with Gasteiger partial charge in [-0.15, -0.1) is 11.3 Å². The third-order valence-electron chi connectivity index (χ3n) is 3.86. The number of rotatable bonds is 5. The SMILES string of the molecule is O=C(NCc1ccc(C(O)c2ccsc2)s1)Nc1ccc2c(c1)OCO2. The van der Waals surface area contributed by atoms with Gasteiger partial charge in [0.05, 0.1) is 6.54 Å². The first-order valence-corrected chi connectivity index (χ1v) is 9.68. The van der Waals surface area contributed by atoms with Crippen LogP contribution < -0.4 is 20.1 Å². The molecule has 1 atom stereocenters. The number of carbonyl (C=O) groups excluding carboxylic acids is 1. The Kier molecular flexibility index (Phi) is 4.79. The fourth-order valence-corrected chi connectivity index (χ4v) is 4.19. The van der Waals surface area contributed by atoms with E-state index in [0.29, 0.717) is 23.7 Å². The van der Waals surface area contributed by atoms with Crippen LogP contribution in [-0.4, -0.2) is 17.9 Å². The molecule has 0 bridgehead atoms. The molecule has 0 aliphatic carbocycles. The Balaban J connectivity index is 1.32. The van der Waals surface area contributed by atoms with Crippen molar-refractivity contribution in [3.63, 3.8) is 0 Å². The predicted octanol–water partition coefficient (Wildman–Crippen LogP) is 3.94. The van der Waals surface area contributed by atoms with E-state index in [1.54, 1.807) is 29.5 Å². The number of urea groups is 1. The molecule has 134 valence electrons. The fraction of sp³-hybridized carbons (Fsp3) is 0.167. The number of benzene rings is 1. The number of ether oxygens (including phenoxy) is 2. The maximum atomic E-state index is 12.1. The number of carbonyl (C=O) groups is 1. The van der Waals surface area contributed by atoms with Crippen LogP contribution in [0, 0.1) is 0 Å². The van der Waals surface area contributed by atoms with Gasteiger partial charge >= 0.3 is 6.03 Å². The average Bonchev–Trinajstić information content (AvgIpc) is 3.40.